The maximum atomic E-state index is 12.8. The number of aliphatic hydroxyl groups excluding tert-OH is 2. The van der Waals surface area contributed by atoms with Crippen molar-refractivity contribution in [2.24, 2.45) is 5.92 Å². The monoisotopic (exact) mass is 490 g/mol. The van der Waals surface area contributed by atoms with E-state index in [1.807, 2.05) is 6.07 Å². The van der Waals surface area contributed by atoms with E-state index >= 15 is 0 Å². The predicted octanol–water partition coefficient (Wildman–Crippen LogP) is 3.88. The average molecular weight is 491 g/mol. The number of anilines is 1. The normalized spacial score (nSPS) is 21.8. The highest BCUT2D eigenvalue weighted by molar-refractivity contribution is 5.99. The maximum Gasteiger partial charge on any atom is 0.351 e. The van der Waals surface area contributed by atoms with Crippen LogP contribution >= 0.6 is 0 Å². The molecule has 9 heteroatoms. The molecule has 1 saturated heterocycles. The van der Waals surface area contributed by atoms with Gasteiger partial charge in [-0.2, -0.15) is 10.2 Å². The first-order valence-corrected chi connectivity index (χ1v) is 13.2. The highest BCUT2D eigenvalue weighted by Crippen LogP contribution is 2.33. The zero-order chi connectivity index (χ0) is 25.6. The minimum Gasteiger partial charge on any atom is -0.394 e. The van der Waals surface area contributed by atoms with E-state index in [1.54, 1.807) is 0 Å². The number of carbonyl (C=O) groups excluding carboxylic acids is 1. The van der Waals surface area contributed by atoms with Gasteiger partial charge in [0.15, 0.2) is 12.0 Å². The van der Waals surface area contributed by atoms with Crippen LogP contribution in [0.25, 0.3) is 0 Å². The molecule has 0 amide bonds. The van der Waals surface area contributed by atoms with Gasteiger partial charge in [0, 0.05) is 12.6 Å². The van der Waals surface area contributed by atoms with Gasteiger partial charge < -0.3 is 20.7 Å². The van der Waals surface area contributed by atoms with Crippen LogP contribution in [0.5, 0.6) is 0 Å². The second kappa shape index (κ2) is 15.7. The van der Waals surface area contributed by atoms with E-state index in [9.17, 15) is 25.1 Å². The third kappa shape index (κ3) is 8.71. The molecule has 1 aliphatic heterocycles. The first-order valence-electron chi connectivity index (χ1n) is 13.2. The summed E-state index contributed by atoms with van der Waals surface area (Å²) < 4.78 is 6.51. The fraction of sp³-hybridized carbons (Fsp3) is 0.769. The molecule has 0 unspecified atom stereocenters. The molecular weight excluding hydrogens is 448 g/mol. The quantitative estimate of drug-likeness (QED) is 0.220. The van der Waals surface area contributed by atoms with Crippen LogP contribution in [0.3, 0.4) is 0 Å². The predicted molar refractivity (Wildman–Crippen MR) is 134 cm³/mol. The molecule has 1 aliphatic rings. The Morgan fingerprint density at radius 2 is 1.63 bits per heavy atom. The fourth-order valence-corrected chi connectivity index (χ4v) is 4.59. The van der Waals surface area contributed by atoms with E-state index in [4.69, 9.17) is 10.5 Å². The Morgan fingerprint density at radius 3 is 2.14 bits per heavy atom. The third-order valence-corrected chi connectivity index (χ3v) is 6.76. The lowest BCUT2D eigenvalue weighted by Crippen LogP contribution is -2.33. The first-order chi connectivity index (χ1) is 16.9. The van der Waals surface area contributed by atoms with E-state index in [0.29, 0.717) is 0 Å². The summed E-state index contributed by atoms with van der Waals surface area (Å²) in [6.45, 7) is 1.74. The summed E-state index contributed by atoms with van der Waals surface area (Å²) >= 11 is 0. The van der Waals surface area contributed by atoms with Crippen molar-refractivity contribution in [2.45, 2.75) is 115 Å². The topological polar surface area (TPSA) is 151 Å². The number of nitrogens with two attached hydrogens (primary N) is 1. The molecule has 1 aromatic rings. The second-order valence-electron chi connectivity index (χ2n) is 9.54. The number of rotatable bonds is 17. The van der Waals surface area contributed by atoms with E-state index in [2.05, 4.69) is 11.9 Å². The first kappa shape index (κ1) is 29.0. The minimum atomic E-state index is -1.26. The van der Waals surface area contributed by atoms with Crippen LogP contribution in [0.2, 0.25) is 0 Å². The summed E-state index contributed by atoms with van der Waals surface area (Å²) in [5.74, 6) is -1.46. The van der Waals surface area contributed by atoms with Gasteiger partial charge in [-0.3, -0.25) is 9.36 Å². The van der Waals surface area contributed by atoms with Crippen molar-refractivity contribution in [3.63, 3.8) is 0 Å². The zero-order valence-electron chi connectivity index (χ0n) is 21.0. The Morgan fingerprint density at radius 1 is 1.09 bits per heavy atom. The van der Waals surface area contributed by atoms with Gasteiger partial charge >= 0.3 is 5.69 Å². The third-order valence-electron chi connectivity index (χ3n) is 6.76. The number of aliphatic hydroxyl groups is 2. The van der Waals surface area contributed by atoms with Gasteiger partial charge in [-0.25, -0.2) is 4.79 Å². The number of hydrogen-bond acceptors (Lipinski definition) is 8. The summed E-state index contributed by atoms with van der Waals surface area (Å²) in [5, 5.41) is 28.9. The van der Waals surface area contributed by atoms with Crippen molar-refractivity contribution in [1.82, 2.24) is 9.55 Å². The second-order valence-corrected chi connectivity index (χ2v) is 9.54. The molecular formula is C26H42N4O5. The molecule has 0 spiro atoms. The Balaban J connectivity index is 1.76. The molecule has 0 aliphatic carbocycles. The number of nitrogen functional groups attached to an aromatic ring is 1. The Kier molecular flexibility index (Phi) is 13.0. The number of aromatic nitrogens is 2. The van der Waals surface area contributed by atoms with Gasteiger partial charge in [0.25, 0.3) is 0 Å². The van der Waals surface area contributed by atoms with E-state index in [0.717, 1.165) is 23.8 Å². The van der Waals surface area contributed by atoms with Gasteiger partial charge in [0.05, 0.1) is 18.2 Å². The number of hydrogen-bond donors (Lipinski definition) is 3. The Hall–Kier alpha value is -2.28. The number of carbonyl (C=O) groups is 1. The van der Waals surface area contributed by atoms with Crippen LogP contribution in [0, 0.1) is 17.2 Å². The summed E-state index contributed by atoms with van der Waals surface area (Å²) in [6, 6.07) is 1.91. The molecule has 35 heavy (non-hydrogen) atoms. The molecule has 0 saturated carbocycles. The molecule has 2 heterocycles. The fourth-order valence-electron chi connectivity index (χ4n) is 4.59. The Bertz CT molecular complexity index is 881. The molecule has 196 valence electrons. The van der Waals surface area contributed by atoms with Gasteiger partial charge in [0.2, 0.25) is 0 Å². The van der Waals surface area contributed by atoms with E-state index in [1.165, 1.54) is 70.4 Å². The number of Topliss-reactive ketones (excluding diaryl/α,β-unsaturated/α-hetero) is 1. The molecule has 0 radical (unpaired) electrons. The summed E-state index contributed by atoms with van der Waals surface area (Å²) in [4.78, 5) is 28.9. The van der Waals surface area contributed by atoms with Crippen LogP contribution in [0.1, 0.15) is 113 Å². The van der Waals surface area contributed by atoms with Crippen molar-refractivity contribution >= 4 is 11.6 Å². The van der Waals surface area contributed by atoms with Crippen molar-refractivity contribution < 1.29 is 19.7 Å². The smallest absolute Gasteiger partial charge is 0.351 e. The van der Waals surface area contributed by atoms with E-state index < -0.39 is 36.7 Å². The molecule has 1 fully saturated rings. The van der Waals surface area contributed by atoms with Crippen LogP contribution in [-0.2, 0) is 4.74 Å². The van der Waals surface area contributed by atoms with Gasteiger partial charge in [0.1, 0.15) is 23.9 Å². The molecule has 9 nitrogen and oxygen atoms in total. The van der Waals surface area contributed by atoms with Crippen LogP contribution < -0.4 is 11.4 Å². The number of nitrogens with zero attached hydrogens (tertiary/aromatic N) is 3. The molecule has 1 aromatic heterocycles. The van der Waals surface area contributed by atoms with Crippen molar-refractivity contribution in [2.75, 3.05) is 12.3 Å². The highest BCUT2D eigenvalue weighted by Gasteiger charge is 2.45. The van der Waals surface area contributed by atoms with Crippen LogP contribution in [0.4, 0.5) is 5.82 Å². The lowest BCUT2D eigenvalue weighted by atomic mass is 10.0. The highest BCUT2D eigenvalue weighted by atomic mass is 16.5. The number of unbranched alkanes of at least 4 members (excludes halogenated alkanes) is 12. The summed E-state index contributed by atoms with van der Waals surface area (Å²) in [5.41, 5.74) is 5.16. The van der Waals surface area contributed by atoms with Gasteiger partial charge in [-0.15, -0.1) is 0 Å². The van der Waals surface area contributed by atoms with Gasteiger partial charge in [-0.1, -0.05) is 84.0 Å². The van der Waals surface area contributed by atoms with Crippen molar-refractivity contribution in [3.05, 3.63) is 22.2 Å². The zero-order valence-corrected chi connectivity index (χ0v) is 21.0. The molecule has 0 aromatic carbocycles. The van der Waals surface area contributed by atoms with Crippen molar-refractivity contribution in [1.29, 1.82) is 5.26 Å². The van der Waals surface area contributed by atoms with E-state index in [-0.39, 0.29) is 23.6 Å². The lowest BCUT2D eigenvalue weighted by molar-refractivity contribution is -0.0470. The molecule has 2 rings (SSSR count). The number of ether oxygens (including phenoxy) is 1. The molecule has 4 atom stereocenters. The molecule has 4 N–H and O–H groups in total. The lowest BCUT2D eigenvalue weighted by Gasteiger charge is -2.17. The standard InChI is InChI=1S/C26H42N4O5/c1-2-3-4-5-6-7-8-9-10-11-12-13-14-15-21(32)20-17-30(26(34)29-24(20)28)25-19(16-27)23(33)22(18-31)35-25/h17,19,22-23,25,31,33H,2-15,18H2,1H3,(H2,28,29,34)/t19-,22+,23-,25+/m0/s1. The summed E-state index contributed by atoms with van der Waals surface area (Å²) in [6.07, 6.45) is 13.9. The minimum absolute atomic E-state index is 0.103. The SMILES string of the molecule is CCCCCCCCCCCCCCCC(=O)c1cn([C@@H]2O[C@H](CO)[C@@H](O)[C@@H]2C#N)c(=O)nc1N. The van der Waals surface area contributed by atoms with Crippen molar-refractivity contribution in [3.8, 4) is 6.07 Å². The summed E-state index contributed by atoms with van der Waals surface area (Å²) in [7, 11) is 0. The van der Waals surface area contributed by atoms with Crippen LogP contribution in [0.15, 0.2) is 11.0 Å². The maximum absolute atomic E-state index is 12.8. The largest absolute Gasteiger partial charge is 0.394 e. The van der Waals surface area contributed by atoms with Crippen LogP contribution in [-0.4, -0.2) is 44.4 Å². The molecule has 0 bridgehead atoms. The Labute approximate surface area is 208 Å². The average Bonchev–Trinajstić information content (AvgIpc) is 3.16. The number of nitriles is 1. The number of ketones is 1. The van der Waals surface area contributed by atoms with Gasteiger partial charge in [-0.05, 0) is 6.42 Å².